The normalized spacial score (nSPS) is 24.4. The second-order valence-corrected chi connectivity index (χ2v) is 9.87. The minimum absolute atomic E-state index is 0.452. The van der Waals surface area contributed by atoms with Gasteiger partial charge in [-0.25, -0.2) is 10.0 Å². The molecule has 0 aliphatic heterocycles. The molecule has 0 aromatic rings. The highest BCUT2D eigenvalue weighted by atomic mass is 32.3. The average Bonchev–Trinajstić information content (AvgIpc) is 2.83. The van der Waals surface area contributed by atoms with Crippen molar-refractivity contribution in [3.63, 3.8) is 0 Å². The van der Waals surface area contributed by atoms with E-state index in [-0.39, 0.29) is 0 Å². The Hall–Kier alpha value is 0.0900. The molecule has 2 atom stereocenters. The average molecular weight is 214 g/mol. The summed E-state index contributed by atoms with van der Waals surface area (Å²) in [6.07, 6.45) is 11.1. The van der Waals surface area contributed by atoms with Gasteiger partial charge < -0.3 is 0 Å². The molecule has 2 unspecified atom stereocenters. The molecule has 14 heavy (non-hydrogen) atoms. The molecule has 1 aliphatic carbocycles. The van der Waals surface area contributed by atoms with Crippen LogP contribution in [-0.2, 0) is 0 Å². The molecule has 0 radical (unpaired) electrons. The zero-order chi connectivity index (χ0) is 11.0. The number of rotatable bonds is 5. The summed E-state index contributed by atoms with van der Waals surface area (Å²) in [5, 5.41) is 0. The van der Waals surface area contributed by atoms with Crippen LogP contribution < -0.4 is 0 Å². The summed E-state index contributed by atoms with van der Waals surface area (Å²) in [5.41, 5.74) is 0. The Morgan fingerprint density at radius 1 is 1.14 bits per heavy atom. The maximum absolute atomic E-state index is 2.49. The maximum atomic E-state index is 2.49. The molecule has 0 spiro atoms. The lowest BCUT2D eigenvalue weighted by Gasteiger charge is -2.42. The Morgan fingerprint density at radius 3 is 2.00 bits per heavy atom. The molecule has 0 aromatic carbocycles. The van der Waals surface area contributed by atoms with Gasteiger partial charge in [-0.3, -0.25) is 0 Å². The minimum atomic E-state index is -0.452. The second kappa shape index (κ2) is 3.92. The van der Waals surface area contributed by atoms with Crippen molar-refractivity contribution < 1.29 is 0 Å². The van der Waals surface area contributed by atoms with Crippen LogP contribution in [0.25, 0.3) is 0 Å². The highest BCUT2D eigenvalue weighted by Crippen LogP contribution is 2.61. The van der Waals surface area contributed by atoms with Crippen molar-refractivity contribution in [2.24, 2.45) is 11.8 Å². The molecule has 0 aromatic heterocycles. The molecule has 0 bridgehead atoms. The van der Waals surface area contributed by atoms with Crippen molar-refractivity contribution in [2.75, 3.05) is 18.3 Å². The van der Waals surface area contributed by atoms with E-state index in [0.717, 1.165) is 11.8 Å². The third-order valence-corrected chi connectivity index (χ3v) is 8.13. The first-order chi connectivity index (χ1) is 6.32. The fourth-order valence-electron chi connectivity index (χ4n) is 1.89. The van der Waals surface area contributed by atoms with Crippen molar-refractivity contribution in [1.29, 1.82) is 0 Å². The number of hydrogen-bond acceptors (Lipinski definition) is 0. The third kappa shape index (κ3) is 2.36. The van der Waals surface area contributed by atoms with E-state index in [9.17, 15) is 0 Å². The number of hydrogen-bond donors (Lipinski definition) is 0. The Balaban J connectivity index is 2.50. The fraction of sp³-hybridized carbons (Fsp3) is 0.846. The van der Waals surface area contributed by atoms with Gasteiger partial charge in [0, 0.05) is 4.75 Å². The van der Waals surface area contributed by atoms with Crippen LogP contribution in [0, 0.1) is 11.8 Å². The zero-order valence-corrected chi connectivity index (χ0v) is 11.4. The molecule has 0 saturated carbocycles. The molecule has 0 fully saturated rings. The molecule has 1 heteroatoms. The first-order valence-corrected chi connectivity index (χ1v) is 8.35. The summed E-state index contributed by atoms with van der Waals surface area (Å²) in [6, 6.07) is 0. The van der Waals surface area contributed by atoms with E-state index < -0.39 is 10.0 Å². The van der Waals surface area contributed by atoms with Crippen LogP contribution in [-0.4, -0.2) is 23.0 Å². The SMILES string of the molecule is CCC(C)C(C)CS(C)(C)C1(C)C=C1. The molecule has 0 heterocycles. The van der Waals surface area contributed by atoms with E-state index in [1.54, 1.807) is 0 Å². The van der Waals surface area contributed by atoms with E-state index in [0.29, 0.717) is 4.75 Å². The monoisotopic (exact) mass is 214 g/mol. The molecule has 0 N–H and O–H groups in total. The van der Waals surface area contributed by atoms with Crippen molar-refractivity contribution in [3.8, 4) is 0 Å². The Kier molecular flexibility index (Phi) is 3.41. The van der Waals surface area contributed by atoms with Crippen LogP contribution >= 0.6 is 10.0 Å². The lowest BCUT2D eigenvalue weighted by atomic mass is 9.96. The molecular formula is C13H26S. The summed E-state index contributed by atoms with van der Waals surface area (Å²) in [6.45, 7) is 9.52. The molecule has 84 valence electrons. The van der Waals surface area contributed by atoms with Crippen LogP contribution in [0.1, 0.15) is 34.1 Å². The Morgan fingerprint density at radius 2 is 1.64 bits per heavy atom. The third-order valence-electron chi connectivity index (χ3n) is 4.12. The van der Waals surface area contributed by atoms with Crippen molar-refractivity contribution >= 4 is 10.0 Å². The first-order valence-electron chi connectivity index (χ1n) is 5.73. The van der Waals surface area contributed by atoms with Gasteiger partial charge in [0.1, 0.15) is 0 Å². The minimum Gasteiger partial charge on any atom is -0.234 e. The van der Waals surface area contributed by atoms with E-state index in [2.05, 4.69) is 52.4 Å². The fourth-order valence-corrected chi connectivity index (χ4v) is 4.70. The molecular weight excluding hydrogens is 188 g/mol. The van der Waals surface area contributed by atoms with Gasteiger partial charge in [-0.2, -0.15) is 0 Å². The quantitative estimate of drug-likeness (QED) is 0.605. The van der Waals surface area contributed by atoms with Gasteiger partial charge in [-0.1, -0.05) is 39.3 Å². The molecule has 0 amide bonds. The van der Waals surface area contributed by atoms with Gasteiger partial charge >= 0.3 is 0 Å². The van der Waals surface area contributed by atoms with Gasteiger partial charge in [0.2, 0.25) is 0 Å². The van der Waals surface area contributed by atoms with Crippen molar-refractivity contribution in [3.05, 3.63) is 12.2 Å². The van der Waals surface area contributed by atoms with Gasteiger partial charge in [-0.15, -0.1) is 0 Å². The second-order valence-electron chi connectivity index (χ2n) is 5.58. The first kappa shape index (κ1) is 12.2. The van der Waals surface area contributed by atoms with Crippen molar-refractivity contribution in [2.45, 2.75) is 38.9 Å². The Labute approximate surface area is 91.5 Å². The van der Waals surface area contributed by atoms with E-state index >= 15 is 0 Å². The summed E-state index contributed by atoms with van der Waals surface area (Å²) in [5.74, 6) is 3.18. The zero-order valence-electron chi connectivity index (χ0n) is 10.6. The molecule has 1 rings (SSSR count). The molecule has 0 saturated heterocycles. The highest BCUT2D eigenvalue weighted by Gasteiger charge is 2.40. The molecule has 0 nitrogen and oxygen atoms in total. The van der Waals surface area contributed by atoms with Gasteiger partial charge in [-0.05, 0) is 37.0 Å². The van der Waals surface area contributed by atoms with Crippen LogP contribution in [0.3, 0.4) is 0 Å². The van der Waals surface area contributed by atoms with Crippen LogP contribution in [0.5, 0.6) is 0 Å². The van der Waals surface area contributed by atoms with E-state index in [1.165, 1.54) is 12.2 Å². The standard InChI is InChI=1S/C13H26S/c1-7-11(2)12(3)10-14(5,6)13(4)8-9-13/h8-9,11-12H,7,10H2,1-6H3. The predicted octanol–water partition coefficient (Wildman–Crippen LogP) is 4.06. The van der Waals surface area contributed by atoms with E-state index in [4.69, 9.17) is 0 Å². The van der Waals surface area contributed by atoms with Gasteiger partial charge in [0.25, 0.3) is 0 Å². The predicted molar refractivity (Wildman–Crippen MR) is 70.5 cm³/mol. The van der Waals surface area contributed by atoms with E-state index in [1.807, 2.05) is 0 Å². The lowest BCUT2D eigenvalue weighted by Crippen LogP contribution is -2.25. The summed E-state index contributed by atoms with van der Waals surface area (Å²) in [7, 11) is -0.452. The summed E-state index contributed by atoms with van der Waals surface area (Å²) in [4.78, 5) is 0. The smallest absolute Gasteiger partial charge is 0.0333 e. The van der Waals surface area contributed by atoms with Crippen LogP contribution in [0.15, 0.2) is 12.2 Å². The van der Waals surface area contributed by atoms with Crippen LogP contribution in [0.4, 0.5) is 0 Å². The largest absolute Gasteiger partial charge is 0.234 e. The molecule has 1 aliphatic rings. The lowest BCUT2D eigenvalue weighted by molar-refractivity contribution is 0.412. The maximum Gasteiger partial charge on any atom is 0.0333 e. The topological polar surface area (TPSA) is 0 Å². The summed E-state index contributed by atoms with van der Waals surface area (Å²) >= 11 is 0. The van der Waals surface area contributed by atoms with Gasteiger partial charge in [0.05, 0.1) is 0 Å². The highest BCUT2D eigenvalue weighted by molar-refractivity contribution is 8.34. The van der Waals surface area contributed by atoms with Crippen LogP contribution in [0.2, 0.25) is 0 Å². The van der Waals surface area contributed by atoms with Crippen molar-refractivity contribution in [1.82, 2.24) is 0 Å². The van der Waals surface area contributed by atoms with Gasteiger partial charge in [0.15, 0.2) is 0 Å². The summed E-state index contributed by atoms with van der Waals surface area (Å²) < 4.78 is 0.495. The Bertz CT molecular complexity index is 221.